The number of ether oxygens (including phenoxy) is 2. The van der Waals surface area contributed by atoms with Gasteiger partial charge in [-0.3, -0.25) is 0 Å². The molecule has 3 aromatic rings. The van der Waals surface area contributed by atoms with Crippen molar-refractivity contribution in [2.45, 2.75) is 0 Å². The van der Waals surface area contributed by atoms with E-state index in [1.54, 1.807) is 7.11 Å². The molecule has 0 saturated carbocycles. The monoisotopic (exact) mass is 268 g/mol. The van der Waals surface area contributed by atoms with Crippen molar-refractivity contribution >= 4 is 11.0 Å². The highest BCUT2D eigenvalue weighted by Crippen LogP contribution is 2.22. The molecule has 4 nitrogen and oxygen atoms in total. The van der Waals surface area contributed by atoms with Crippen molar-refractivity contribution in [2.24, 2.45) is 0 Å². The van der Waals surface area contributed by atoms with Gasteiger partial charge in [0.1, 0.15) is 18.2 Å². The summed E-state index contributed by atoms with van der Waals surface area (Å²) in [6, 6.07) is 15.9. The van der Waals surface area contributed by atoms with Gasteiger partial charge in [-0.05, 0) is 36.4 Å². The lowest BCUT2D eigenvalue weighted by Crippen LogP contribution is -2.03. The summed E-state index contributed by atoms with van der Waals surface area (Å²) in [5.74, 6) is 1.71. The van der Waals surface area contributed by atoms with Crippen LogP contribution in [0, 0.1) is 0 Å². The second-order valence-corrected chi connectivity index (χ2v) is 4.47. The summed E-state index contributed by atoms with van der Waals surface area (Å²) in [6.07, 6.45) is 0. The molecule has 1 N–H and O–H groups in total. The third-order valence-corrected chi connectivity index (χ3v) is 3.07. The minimum atomic E-state index is 0.556. The number of aromatic amines is 1. The van der Waals surface area contributed by atoms with Crippen molar-refractivity contribution in [3.05, 3.63) is 48.5 Å². The Morgan fingerprint density at radius 1 is 1.00 bits per heavy atom. The highest BCUT2D eigenvalue weighted by molar-refractivity contribution is 5.79. The molecule has 0 aliphatic heterocycles. The van der Waals surface area contributed by atoms with Gasteiger partial charge in [-0.25, -0.2) is 4.98 Å². The molecule has 4 heteroatoms. The zero-order valence-electron chi connectivity index (χ0n) is 11.3. The van der Waals surface area contributed by atoms with Crippen molar-refractivity contribution in [3.8, 4) is 17.1 Å². The highest BCUT2D eigenvalue weighted by atomic mass is 16.5. The third-order valence-electron chi connectivity index (χ3n) is 3.07. The number of benzene rings is 2. The number of fused-ring (bicyclic) bond motifs is 1. The maximum atomic E-state index is 5.54. The second-order valence-electron chi connectivity index (χ2n) is 4.47. The number of H-pyrrole nitrogens is 1. The molecule has 0 fully saturated rings. The van der Waals surface area contributed by atoms with Crippen LogP contribution >= 0.6 is 0 Å². The van der Waals surface area contributed by atoms with Gasteiger partial charge < -0.3 is 14.5 Å². The van der Waals surface area contributed by atoms with E-state index in [1.807, 2.05) is 48.5 Å². The fraction of sp³-hybridized carbons (Fsp3) is 0.188. The molecule has 102 valence electrons. The van der Waals surface area contributed by atoms with Gasteiger partial charge in [-0.15, -0.1) is 0 Å². The highest BCUT2D eigenvalue weighted by Gasteiger charge is 2.04. The first-order valence-corrected chi connectivity index (χ1v) is 6.54. The topological polar surface area (TPSA) is 47.1 Å². The van der Waals surface area contributed by atoms with Gasteiger partial charge in [-0.2, -0.15) is 0 Å². The summed E-state index contributed by atoms with van der Waals surface area (Å²) >= 11 is 0. The van der Waals surface area contributed by atoms with Gasteiger partial charge in [0.05, 0.1) is 17.6 Å². The first kappa shape index (κ1) is 12.7. The summed E-state index contributed by atoms with van der Waals surface area (Å²) in [4.78, 5) is 7.88. The van der Waals surface area contributed by atoms with E-state index in [2.05, 4.69) is 9.97 Å². The molecule has 0 spiro atoms. The third kappa shape index (κ3) is 2.65. The lowest BCUT2D eigenvalue weighted by Gasteiger charge is -2.05. The molecule has 0 atom stereocenters. The van der Waals surface area contributed by atoms with Crippen LogP contribution in [0.1, 0.15) is 0 Å². The number of aromatic nitrogens is 2. The van der Waals surface area contributed by atoms with E-state index in [1.165, 1.54) is 0 Å². The predicted molar refractivity (Wildman–Crippen MR) is 78.9 cm³/mol. The van der Waals surface area contributed by atoms with Crippen LogP contribution in [0.4, 0.5) is 0 Å². The SMILES string of the molecule is COCCOc1ccc(-c2nc3ccccc3[nH]2)cc1. The first-order chi connectivity index (χ1) is 9.86. The van der Waals surface area contributed by atoms with Crippen molar-refractivity contribution in [2.75, 3.05) is 20.3 Å². The molecule has 20 heavy (non-hydrogen) atoms. The van der Waals surface area contributed by atoms with E-state index in [4.69, 9.17) is 9.47 Å². The fourth-order valence-corrected chi connectivity index (χ4v) is 2.04. The van der Waals surface area contributed by atoms with Gasteiger partial charge in [-0.1, -0.05) is 12.1 Å². The van der Waals surface area contributed by atoms with E-state index < -0.39 is 0 Å². The number of nitrogens with one attached hydrogen (secondary N) is 1. The first-order valence-electron chi connectivity index (χ1n) is 6.54. The minimum Gasteiger partial charge on any atom is -0.491 e. The van der Waals surface area contributed by atoms with E-state index in [-0.39, 0.29) is 0 Å². The van der Waals surface area contributed by atoms with Crippen molar-refractivity contribution in [1.29, 1.82) is 0 Å². The second kappa shape index (κ2) is 5.75. The molecule has 0 bridgehead atoms. The van der Waals surface area contributed by atoms with E-state index >= 15 is 0 Å². The number of methoxy groups -OCH3 is 1. The molecule has 0 aliphatic rings. The summed E-state index contributed by atoms with van der Waals surface area (Å²) < 4.78 is 10.5. The van der Waals surface area contributed by atoms with Gasteiger partial charge >= 0.3 is 0 Å². The molecule has 1 aromatic heterocycles. The normalized spacial score (nSPS) is 10.8. The van der Waals surface area contributed by atoms with E-state index in [0.29, 0.717) is 13.2 Å². The Morgan fingerprint density at radius 2 is 1.80 bits per heavy atom. The summed E-state index contributed by atoms with van der Waals surface area (Å²) in [7, 11) is 1.66. The largest absolute Gasteiger partial charge is 0.491 e. The van der Waals surface area contributed by atoms with Crippen LogP contribution in [0.5, 0.6) is 5.75 Å². The number of imidazole rings is 1. The van der Waals surface area contributed by atoms with Crippen molar-refractivity contribution in [3.63, 3.8) is 0 Å². The average Bonchev–Trinajstić information content (AvgIpc) is 2.92. The van der Waals surface area contributed by atoms with Crippen LogP contribution in [-0.2, 0) is 4.74 Å². The Morgan fingerprint density at radius 3 is 2.55 bits per heavy atom. The molecule has 1 heterocycles. The van der Waals surface area contributed by atoms with Crippen LogP contribution in [0.15, 0.2) is 48.5 Å². The molecule has 0 radical (unpaired) electrons. The Balaban J connectivity index is 1.79. The van der Waals surface area contributed by atoms with Gasteiger partial charge in [0.2, 0.25) is 0 Å². The Labute approximate surface area is 117 Å². The van der Waals surface area contributed by atoms with Crippen LogP contribution in [0.3, 0.4) is 0 Å². The molecular weight excluding hydrogens is 252 g/mol. The number of hydrogen-bond acceptors (Lipinski definition) is 3. The number of hydrogen-bond donors (Lipinski definition) is 1. The van der Waals surface area contributed by atoms with Crippen LogP contribution in [0.25, 0.3) is 22.4 Å². The van der Waals surface area contributed by atoms with E-state index in [0.717, 1.165) is 28.2 Å². The molecule has 0 amide bonds. The summed E-state index contributed by atoms with van der Waals surface area (Å²) in [6.45, 7) is 1.14. The molecule has 3 rings (SSSR count). The standard InChI is InChI=1S/C16H16N2O2/c1-19-10-11-20-13-8-6-12(7-9-13)16-17-14-4-2-3-5-15(14)18-16/h2-9H,10-11H2,1H3,(H,17,18). The van der Waals surface area contributed by atoms with Gasteiger partial charge in [0, 0.05) is 12.7 Å². The molecular formula is C16H16N2O2. The maximum Gasteiger partial charge on any atom is 0.138 e. The lowest BCUT2D eigenvalue weighted by atomic mass is 10.2. The van der Waals surface area contributed by atoms with Gasteiger partial charge in [0.15, 0.2) is 0 Å². The fourth-order valence-electron chi connectivity index (χ4n) is 2.04. The van der Waals surface area contributed by atoms with Crippen LogP contribution in [0.2, 0.25) is 0 Å². The summed E-state index contributed by atoms with van der Waals surface area (Å²) in [5, 5.41) is 0. The Kier molecular flexibility index (Phi) is 3.65. The average molecular weight is 268 g/mol. The lowest BCUT2D eigenvalue weighted by molar-refractivity contribution is 0.146. The van der Waals surface area contributed by atoms with Crippen LogP contribution in [-0.4, -0.2) is 30.3 Å². The quantitative estimate of drug-likeness (QED) is 0.722. The minimum absolute atomic E-state index is 0.556. The Bertz CT molecular complexity index is 656. The van der Waals surface area contributed by atoms with Crippen molar-refractivity contribution < 1.29 is 9.47 Å². The molecule has 0 unspecified atom stereocenters. The smallest absolute Gasteiger partial charge is 0.138 e. The molecule has 2 aromatic carbocycles. The predicted octanol–water partition coefficient (Wildman–Crippen LogP) is 3.26. The zero-order valence-corrected chi connectivity index (χ0v) is 11.3. The summed E-state index contributed by atoms with van der Waals surface area (Å²) in [5.41, 5.74) is 3.06. The van der Waals surface area contributed by atoms with E-state index in [9.17, 15) is 0 Å². The number of nitrogens with zero attached hydrogens (tertiary/aromatic N) is 1. The van der Waals surface area contributed by atoms with Crippen molar-refractivity contribution in [1.82, 2.24) is 9.97 Å². The molecule has 0 aliphatic carbocycles. The zero-order chi connectivity index (χ0) is 13.8. The number of para-hydroxylation sites is 2. The maximum absolute atomic E-state index is 5.54. The van der Waals surface area contributed by atoms with Crippen LogP contribution < -0.4 is 4.74 Å². The van der Waals surface area contributed by atoms with Gasteiger partial charge in [0.25, 0.3) is 0 Å². The Hall–Kier alpha value is -2.33. The number of rotatable bonds is 5. The molecule has 0 saturated heterocycles.